The van der Waals surface area contributed by atoms with Crippen molar-refractivity contribution in [2.45, 2.75) is 67.8 Å². The van der Waals surface area contributed by atoms with Crippen LogP contribution < -0.4 is 5.73 Å². The molecule has 0 saturated heterocycles. The Bertz CT molecular complexity index is 777. The predicted molar refractivity (Wildman–Crippen MR) is 86.9 cm³/mol. The molecule has 0 amide bonds. The van der Waals surface area contributed by atoms with E-state index in [-0.39, 0.29) is 0 Å². The zero-order valence-electron chi connectivity index (χ0n) is 15.8. The van der Waals surface area contributed by atoms with Crippen molar-refractivity contribution in [1.29, 1.82) is 0 Å². The number of halogens is 14. The molecule has 2 atom stereocenters. The molecule has 194 valence electrons. The molecule has 0 saturated carbocycles. The van der Waals surface area contributed by atoms with Crippen molar-refractivity contribution in [3.05, 3.63) is 11.6 Å². The van der Waals surface area contributed by atoms with Crippen molar-refractivity contribution in [3.8, 4) is 0 Å². The van der Waals surface area contributed by atoms with Gasteiger partial charge >= 0.3 is 41.8 Å². The number of aliphatic carboxylic acids is 1. The van der Waals surface area contributed by atoms with Crippen molar-refractivity contribution in [2.75, 3.05) is 0 Å². The molecule has 0 aromatic carbocycles. The molecule has 18 heteroatoms. The van der Waals surface area contributed by atoms with Gasteiger partial charge in [0.1, 0.15) is 6.17 Å². The molecular formula is C15H13F14NO2S. The molecule has 0 aromatic rings. The zero-order chi connectivity index (χ0) is 27.0. The first-order valence-electron chi connectivity index (χ1n) is 8.08. The van der Waals surface area contributed by atoms with Gasteiger partial charge in [-0.2, -0.15) is 57.1 Å². The fourth-order valence-corrected chi connectivity index (χ4v) is 2.17. The van der Waals surface area contributed by atoms with Gasteiger partial charge in [-0.05, 0) is 13.3 Å². The standard InChI is InChI=1S/C15H13F14NO2S/c1-5(9(31)32)2-3-7(30)8(33)6(16)4-10(17,18)11(19,20)12(21,22)13(23,24)14(25,26)15(27,28)29/h2,6-7H,3-4,30H2,1H3,(H,31,32). The van der Waals surface area contributed by atoms with E-state index in [9.17, 15) is 66.3 Å². The number of alkyl halides is 14. The van der Waals surface area contributed by atoms with Gasteiger partial charge in [0, 0.05) is 16.5 Å². The van der Waals surface area contributed by atoms with E-state index in [2.05, 4.69) is 12.2 Å². The van der Waals surface area contributed by atoms with Crippen LogP contribution in [0.3, 0.4) is 0 Å². The quantitative estimate of drug-likeness (QED) is 0.206. The maximum Gasteiger partial charge on any atom is 0.460 e. The lowest BCUT2D eigenvalue weighted by atomic mass is 9.90. The lowest BCUT2D eigenvalue weighted by Crippen LogP contribution is -2.70. The van der Waals surface area contributed by atoms with E-state index in [0.29, 0.717) is 0 Å². The molecule has 3 nitrogen and oxygen atoms in total. The van der Waals surface area contributed by atoms with Crippen LogP contribution in [0.5, 0.6) is 0 Å². The second-order valence-electron chi connectivity index (χ2n) is 6.61. The first-order valence-corrected chi connectivity index (χ1v) is 8.49. The Kier molecular flexibility index (Phi) is 9.00. The first kappa shape index (κ1) is 31.3. The van der Waals surface area contributed by atoms with Crippen molar-refractivity contribution in [2.24, 2.45) is 5.73 Å². The van der Waals surface area contributed by atoms with Crippen LogP contribution >= 0.6 is 12.2 Å². The molecule has 0 aliphatic carbocycles. The van der Waals surface area contributed by atoms with Gasteiger partial charge in [-0.3, -0.25) is 0 Å². The van der Waals surface area contributed by atoms with E-state index < -0.39 is 77.3 Å². The number of carboxylic acids is 1. The molecule has 0 aromatic heterocycles. The summed E-state index contributed by atoms with van der Waals surface area (Å²) in [6.45, 7) is 0.985. The highest BCUT2D eigenvalue weighted by atomic mass is 32.1. The summed E-state index contributed by atoms with van der Waals surface area (Å²) in [5.74, 6) is -39.8. The third-order valence-electron chi connectivity index (χ3n) is 4.12. The molecule has 0 radical (unpaired) electrons. The Hall–Kier alpha value is -1.72. The number of carboxylic acid groups (broad SMARTS) is 1. The third kappa shape index (κ3) is 5.68. The smallest absolute Gasteiger partial charge is 0.460 e. The van der Waals surface area contributed by atoms with Crippen LogP contribution in [0.25, 0.3) is 0 Å². The van der Waals surface area contributed by atoms with E-state index in [1.54, 1.807) is 0 Å². The van der Waals surface area contributed by atoms with E-state index in [4.69, 9.17) is 10.8 Å². The predicted octanol–water partition coefficient (Wildman–Crippen LogP) is 5.57. The minimum absolute atomic E-state index is 0.423. The minimum atomic E-state index is -8.09. The molecule has 0 aliphatic heterocycles. The summed E-state index contributed by atoms with van der Waals surface area (Å²) in [5.41, 5.74) is 4.79. The second-order valence-corrected chi connectivity index (χ2v) is 7.08. The summed E-state index contributed by atoms with van der Waals surface area (Å²) in [6, 6.07) is -1.87. The third-order valence-corrected chi connectivity index (χ3v) is 4.68. The second kappa shape index (κ2) is 9.50. The molecule has 0 spiro atoms. The van der Waals surface area contributed by atoms with E-state index >= 15 is 0 Å². The summed E-state index contributed by atoms with van der Waals surface area (Å²) in [6.07, 6.45) is -14.2. The van der Waals surface area contributed by atoms with Gasteiger partial charge in [-0.1, -0.05) is 18.3 Å². The van der Waals surface area contributed by atoms with Crippen LogP contribution in [0.2, 0.25) is 0 Å². The van der Waals surface area contributed by atoms with Crippen LogP contribution in [0, 0.1) is 0 Å². The van der Waals surface area contributed by atoms with Crippen molar-refractivity contribution in [1.82, 2.24) is 0 Å². The molecule has 0 fully saturated rings. The van der Waals surface area contributed by atoms with E-state index in [1.165, 1.54) is 0 Å². The lowest BCUT2D eigenvalue weighted by Gasteiger charge is -2.40. The largest absolute Gasteiger partial charge is 0.478 e. The summed E-state index contributed by atoms with van der Waals surface area (Å²) in [4.78, 5) is 9.16. The normalized spacial score (nSPS) is 17.0. The van der Waals surface area contributed by atoms with Gasteiger partial charge in [0.2, 0.25) is 0 Å². The number of rotatable bonds is 11. The fourth-order valence-electron chi connectivity index (χ4n) is 2.00. The Labute approximate surface area is 180 Å². The molecule has 0 aliphatic rings. The van der Waals surface area contributed by atoms with Crippen molar-refractivity contribution in [3.63, 3.8) is 0 Å². The Morgan fingerprint density at radius 1 is 0.879 bits per heavy atom. The number of hydrogen-bond acceptors (Lipinski definition) is 3. The van der Waals surface area contributed by atoms with Gasteiger partial charge in [0.05, 0.1) is 6.42 Å². The molecule has 33 heavy (non-hydrogen) atoms. The Morgan fingerprint density at radius 2 is 1.27 bits per heavy atom. The number of hydrogen-bond donors (Lipinski definition) is 2. The SMILES string of the molecule is CC(=CCC(N)C(=S)C(F)CC(F)(F)C(F)(F)C(F)(F)C(F)(F)C(F)(F)C(F)(F)F)C(=O)O. The van der Waals surface area contributed by atoms with Crippen LogP contribution in [-0.2, 0) is 4.79 Å². The van der Waals surface area contributed by atoms with Gasteiger partial charge in [-0.15, -0.1) is 0 Å². The Balaban J connectivity index is 5.93. The fraction of sp³-hybridized carbons (Fsp3) is 0.733. The van der Waals surface area contributed by atoms with Crippen molar-refractivity contribution < 1.29 is 71.4 Å². The van der Waals surface area contributed by atoms with Crippen LogP contribution in [0.4, 0.5) is 61.5 Å². The summed E-state index contributed by atoms with van der Waals surface area (Å²) >= 11 is 4.22. The highest BCUT2D eigenvalue weighted by Gasteiger charge is 2.90. The topological polar surface area (TPSA) is 63.3 Å². The average molecular weight is 537 g/mol. The number of thiocarbonyl (C=S) groups is 1. The number of nitrogens with two attached hydrogens (primary N) is 1. The zero-order valence-corrected chi connectivity index (χ0v) is 16.6. The highest BCUT2D eigenvalue weighted by molar-refractivity contribution is 7.80. The molecule has 0 bridgehead atoms. The van der Waals surface area contributed by atoms with Crippen LogP contribution in [-0.4, -0.2) is 63.9 Å². The minimum Gasteiger partial charge on any atom is -0.478 e. The Morgan fingerprint density at radius 3 is 1.64 bits per heavy atom. The van der Waals surface area contributed by atoms with Gasteiger partial charge in [-0.25, -0.2) is 9.18 Å². The molecule has 0 rings (SSSR count). The average Bonchev–Trinajstić information content (AvgIpc) is 2.62. The van der Waals surface area contributed by atoms with Gasteiger partial charge < -0.3 is 10.8 Å². The molecular weight excluding hydrogens is 524 g/mol. The molecule has 2 unspecified atom stereocenters. The van der Waals surface area contributed by atoms with Crippen LogP contribution in [0.15, 0.2) is 11.6 Å². The number of carbonyl (C=O) groups is 1. The summed E-state index contributed by atoms with van der Waals surface area (Å²) < 4.78 is 183. The maximum atomic E-state index is 13.9. The van der Waals surface area contributed by atoms with Crippen LogP contribution in [0.1, 0.15) is 19.8 Å². The molecule has 3 N–H and O–H groups in total. The maximum absolute atomic E-state index is 13.9. The lowest BCUT2D eigenvalue weighted by molar-refractivity contribution is -0.440. The first-order chi connectivity index (χ1) is 14.3. The van der Waals surface area contributed by atoms with Gasteiger partial charge in [0.15, 0.2) is 0 Å². The van der Waals surface area contributed by atoms with Crippen molar-refractivity contribution >= 4 is 23.1 Å². The molecule has 0 heterocycles. The monoisotopic (exact) mass is 537 g/mol. The van der Waals surface area contributed by atoms with E-state index in [1.807, 2.05) is 0 Å². The van der Waals surface area contributed by atoms with Gasteiger partial charge in [0.25, 0.3) is 0 Å². The summed E-state index contributed by atoms with van der Waals surface area (Å²) in [7, 11) is 0. The van der Waals surface area contributed by atoms with E-state index in [0.717, 1.165) is 13.0 Å². The summed E-state index contributed by atoms with van der Waals surface area (Å²) in [5, 5.41) is 8.58. The highest BCUT2D eigenvalue weighted by Crippen LogP contribution is 2.60.